The average molecular weight is 231 g/mol. The first-order chi connectivity index (χ1) is 6.74. The van der Waals surface area contributed by atoms with Gasteiger partial charge in [-0.15, -0.1) is 11.6 Å². The molecule has 0 saturated heterocycles. The van der Waals surface area contributed by atoms with Crippen molar-refractivity contribution in [1.82, 2.24) is 9.97 Å². The van der Waals surface area contributed by atoms with E-state index < -0.39 is 0 Å². The highest BCUT2D eigenvalue weighted by molar-refractivity contribution is 6.31. The Morgan fingerprint density at radius 3 is 2.93 bits per heavy atom. The van der Waals surface area contributed by atoms with E-state index in [1.807, 2.05) is 0 Å². The van der Waals surface area contributed by atoms with Gasteiger partial charge in [-0.3, -0.25) is 0 Å². The van der Waals surface area contributed by atoms with Crippen LogP contribution in [0.15, 0.2) is 12.1 Å². The summed E-state index contributed by atoms with van der Waals surface area (Å²) in [5.41, 5.74) is 1.59. The summed E-state index contributed by atoms with van der Waals surface area (Å²) in [4.78, 5) is 7.33. The number of rotatable bonds is 2. The number of hydrogen-bond donors (Lipinski definition) is 1. The maximum absolute atomic E-state index is 5.89. The summed E-state index contributed by atoms with van der Waals surface area (Å²) in [7, 11) is 1.58. The van der Waals surface area contributed by atoms with Crippen molar-refractivity contribution in [2.24, 2.45) is 0 Å². The van der Waals surface area contributed by atoms with Crippen molar-refractivity contribution in [1.29, 1.82) is 0 Å². The van der Waals surface area contributed by atoms with Crippen LogP contribution in [-0.4, -0.2) is 17.1 Å². The Balaban J connectivity index is 2.71. The van der Waals surface area contributed by atoms with Crippen LogP contribution < -0.4 is 4.74 Å². The smallest absolute Gasteiger partial charge is 0.148 e. The fourth-order valence-electron chi connectivity index (χ4n) is 1.32. The zero-order valence-electron chi connectivity index (χ0n) is 7.47. The maximum Gasteiger partial charge on any atom is 0.148 e. The number of aromatic amines is 1. The lowest BCUT2D eigenvalue weighted by molar-refractivity contribution is 0.419. The average Bonchev–Trinajstić information content (AvgIpc) is 2.59. The number of ether oxygens (including phenoxy) is 1. The molecule has 5 heteroatoms. The Morgan fingerprint density at radius 2 is 2.29 bits per heavy atom. The van der Waals surface area contributed by atoms with E-state index in [2.05, 4.69) is 9.97 Å². The van der Waals surface area contributed by atoms with E-state index in [9.17, 15) is 0 Å². The minimum absolute atomic E-state index is 0.343. The van der Waals surface area contributed by atoms with Gasteiger partial charge in [0.1, 0.15) is 17.1 Å². The molecule has 0 spiro atoms. The van der Waals surface area contributed by atoms with Crippen molar-refractivity contribution in [2.75, 3.05) is 7.11 Å². The van der Waals surface area contributed by atoms with Crippen LogP contribution in [0.4, 0.5) is 0 Å². The Hall–Kier alpha value is -0.930. The molecule has 0 atom stereocenters. The SMILES string of the molecule is COc1cc(Cl)cc2[nH]c(CCl)nc12. The summed E-state index contributed by atoms with van der Waals surface area (Å²) in [5, 5.41) is 0.610. The second-order valence-corrected chi connectivity index (χ2v) is 3.53. The molecule has 0 amide bonds. The highest BCUT2D eigenvalue weighted by Crippen LogP contribution is 2.28. The Bertz CT molecular complexity index is 467. The highest BCUT2D eigenvalue weighted by Gasteiger charge is 2.08. The summed E-state index contributed by atoms with van der Waals surface area (Å²) in [5.74, 6) is 1.71. The number of nitrogens with one attached hydrogen (secondary N) is 1. The van der Waals surface area contributed by atoms with E-state index in [0.29, 0.717) is 22.5 Å². The number of benzene rings is 1. The molecule has 0 fully saturated rings. The van der Waals surface area contributed by atoms with Gasteiger partial charge in [0, 0.05) is 11.1 Å². The van der Waals surface area contributed by atoms with Crippen molar-refractivity contribution in [3.63, 3.8) is 0 Å². The summed E-state index contributed by atoms with van der Waals surface area (Å²) < 4.78 is 5.16. The number of methoxy groups -OCH3 is 1. The predicted octanol–water partition coefficient (Wildman–Crippen LogP) is 2.96. The number of halogens is 2. The second kappa shape index (κ2) is 3.67. The third-order valence-corrected chi connectivity index (χ3v) is 2.38. The molecule has 0 bridgehead atoms. The zero-order valence-corrected chi connectivity index (χ0v) is 8.99. The highest BCUT2D eigenvalue weighted by atomic mass is 35.5. The molecule has 0 aliphatic heterocycles. The lowest BCUT2D eigenvalue weighted by Gasteiger charge is -2.00. The van der Waals surface area contributed by atoms with Crippen LogP contribution in [0.1, 0.15) is 5.82 Å². The van der Waals surface area contributed by atoms with E-state index in [-0.39, 0.29) is 0 Å². The number of alkyl halides is 1. The molecule has 1 N–H and O–H groups in total. The van der Waals surface area contributed by atoms with Crippen LogP contribution >= 0.6 is 23.2 Å². The third kappa shape index (κ3) is 1.53. The van der Waals surface area contributed by atoms with Crippen LogP contribution in [-0.2, 0) is 5.88 Å². The van der Waals surface area contributed by atoms with Gasteiger partial charge in [-0.25, -0.2) is 4.98 Å². The van der Waals surface area contributed by atoms with Crippen molar-refractivity contribution in [2.45, 2.75) is 5.88 Å². The monoisotopic (exact) mass is 230 g/mol. The molecular formula is C9H8Cl2N2O. The van der Waals surface area contributed by atoms with Crippen LogP contribution in [0, 0.1) is 0 Å². The Kier molecular flexibility index (Phi) is 2.52. The van der Waals surface area contributed by atoms with Crippen LogP contribution in [0.3, 0.4) is 0 Å². The van der Waals surface area contributed by atoms with E-state index in [0.717, 1.165) is 11.0 Å². The van der Waals surface area contributed by atoms with Crippen molar-refractivity contribution >= 4 is 34.2 Å². The summed E-state index contributed by atoms with van der Waals surface area (Å²) >= 11 is 11.6. The van der Waals surface area contributed by atoms with Gasteiger partial charge >= 0.3 is 0 Å². The third-order valence-electron chi connectivity index (χ3n) is 1.91. The van der Waals surface area contributed by atoms with Gasteiger partial charge in [0.25, 0.3) is 0 Å². The molecule has 1 heterocycles. The molecule has 14 heavy (non-hydrogen) atoms. The quantitative estimate of drug-likeness (QED) is 0.806. The molecule has 0 saturated carbocycles. The van der Waals surface area contributed by atoms with Gasteiger partial charge < -0.3 is 9.72 Å². The number of imidazole rings is 1. The van der Waals surface area contributed by atoms with Gasteiger partial charge in [-0.1, -0.05) is 11.6 Å². The minimum atomic E-state index is 0.343. The summed E-state index contributed by atoms with van der Waals surface area (Å²) in [6.07, 6.45) is 0. The van der Waals surface area contributed by atoms with Crippen molar-refractivity contribution in [3.05, 3.63) is 23.0 Å². The second-order valence-electron chi connectivity index (χ2n) is 2.82. The van der Waals surface area contributed by atoms with E-state index in [1.165, 1.54) is 0 Å². The largest absolute Gasteiger partial charge is 0.494 e. The molecule has 0 unspecified atom stereocenters. The lowest BCUT2D eigenvalue weighted by atomic mass is 10.3. The van der Waals surface area contributed by atoms with Crippen molar-refractivity contribution < 1.29 is 4.74 Å². The topological polar surface area (TPSA) is 37.9 Å². The lowest BCUT2D eigenvalue weighted by Crippen LogP contribution is -1.84. The molecule has 2 rings (SSSR count). The molecule has 2 aromatic rings. The molecule has 3 nitrogen and oxygen atoms in total. The van der Waals surface area contributed by atoms with Gasteiger partial charge in [0.15, 0.2) is 0 Å². The summed E-state index contributed by atoms with van der Waals surface area (Å²) in [6, 6.07) is 3.52. The summed E-state index contributed by atoms with van der Waals surface area (Å²) in [6.45, 7) is 0. The molecular weight excluding hydrogens is 223 g/mol. The van der Waals surface area contributed by atoms with Gasteiger partial charge in [0.05, 0.1) is 18.5 Å². The maximum atomic E-state index is 5.89. The zero-order chi connectivity index (χ0) is 10.1. The molecule has 0 aliphatic carbocycles. The number of nitrogens with zero attached hydrogens (tertiary/aromatic N) is 1. The fraction of sp³-hybridized carbons (Fsp3) is 0.222. The van der Waals surface area contributed by atoms with Crippen molar-refractivity contribution in [3.8, 4) is 5.75 Å². The van der Waals surface area contributed by atoms with Crippen LogP contribution in [0.25, 0.3) is 11.0 Å². The van der Waals surface area contributed by atoms with Gasteiger partial charge in [-0.05, 0) is 6.07 Å². The Morgan fingerprint density at radius 1 is 1.50 bits per heavy atom. The number of aromatic nitrogens is 2. The van der Waals surface area contributed by atoms with Crippen LogP contribution in [0.5, 0.6) is 5.75 Å². The van der Waals surface area contributed by atoms with E-state index in [1.54, 1.807) is 19.2 Å². The molecule has 1 aromatic heterocycles. The molecule has 0 radical (unpaired) electrons. The molecule has 74 valence electrons. The minimum Gasteiger partial charge on any atom is -0.494 e. The predicted molar refractivity (Wildman–Crippen MR) is 57.2 cm³/mol. The normalized spacial score (nSPS) is 10.8. The first-order valence-corrected chi connectivity index (χ1v) is 4.94. The van der Waals surface area contributed by atoms with E-state index >= 15 is 0 Å². The molecule has 1 aromatic carbocycles. The number of fused-ring (bicyclic) bond motifs is 1. The number of H-pyrrole nitrogens is 1. The Labute approximate surface area is 91.0 Å². The standard InChI is InChI=1S/C9H8Cl2N2O/c1-14-7-3-5(11)2-6-9(7)13-8(4-10)12-6/h2-3H,4H2,1H3,(H,12,13). The van der Waals surface area contributed by atoms with Crippen LogP contribution in [0.2, 0.25) is 5.02 Å². The number of hydrogen-bond acceptors (Lipinski definition) is 2. The van der Waals surface area contributed by atoms with Gasteiger partial charge in [0.2, 0.25) is 0 Å². The first kappa shape index (κ1) is 9.62. The first-order valence-electron chi connectivity index (χ1n) is 4.02. The van der Waals surface area contributed by atoms with Gasteiger partial charge in [-0.2, -0.15) is 0 Å². The van der Waals surface area contributed by atoms with E-state index in [4.69, 9.17) is 27.9 Å². The fourth-order valence-corrected chi connectivity index (χ4v) is 1.66. The molecule has 0 aliphatic rings.